The molecule has 3 heterocycles. The second kappa shape index (κ2) is 11.3. The number of nitrogens with zero attached hydrogens (tertiary/aromatic N) is 4. The maximum Gasteiger partial charge on any atom is 0.226 e. The summed E-state index contributed by atoms with van der Waals surface area (Å²) in [6.45, 7) is 4.98. The largest absolute Gasteiger partial charge is 0.489 e. The van der Waals surface area contributed by atoms with Gasteiger partial charge in [0.15, 0.2) is 5.82 Å². The van der Waals surface area contributed by atoms with Crippen LogP contribution >= 0.6 is 11.3 Å². The Bertz CT molecular complexity index is 1710. The first kappa shape index (κ1) is 25.8. The minimum absolute atomic E-state index is 0.0114. The number of carbonyl (C=O) groups is 1. The van der Waals surface area contributed by atoms with Crippen LogP contribution < -0.4 is 9.64 Å². The zero-order valence-corrected chi connectivity index (χ0v) is 23.3. The topological polar surface area (TPSA) is 84.0 Å². The lowest BCUT2D eigenvalue weighted by atomic mass is 9.96. The molecule has 0 aliphatic carbocycles. The number of aromatic nitrogens is 4. The summed E-state index contributed by atoms with van der Waals surface area (Å²) in [4.78, 5) is 14.4. The molecule has 0 saturated heterocycles. The molecule has 0 unspecified atom stereocenters. The Morgan fingerprint density at radius 3 is 2.80 bits per heavy atom. The van der Waals surface area contributed by atoms with Crippen LogP contribution in [0.25, 0.3) is 21.2 Å². The number of ether oxygens (including phenoxy) is 1. The average molecular weight is 548 g/mol. The fourth-order valence-electron chi connectivity index (χ4n) is 5.35. The third-order valence-corrected chi connectivity index (χ3v) is 8.30. The molecule has 0 bridgehead atoms. The highest BCUT2D eigenvalue weighted by Gasteiger charge is 2.26. The third kappa shape index (κ3) is 5.08. The number of fused-ring (bicyclic) bond motifs is 2. The van der Waals surface area contributed by atoms with Crippen molar-refractivity contribution in [3.8, 4) is 28.7 Å². The highest BCUT2D eigenvalue weighted by atomic mass is 32.1. The lowest BCUT2D eigenvalue weighted by molar-refractivity contribution is -0.118. The van der Waals surface area contributed by atoms with Crippen LogP contribution in [0.1, 0.15) is 48.7 Å². The number of anilines is 1. The van der Waals surface area contributed by atoms with Crippen molar-refractivity contribution >= 4 is 33.0 Å². The monoisotopic (exact) mass is 547 g/mol. The maximum absolute atomic E-state index is 12.5. The summed E-state index contributed by atoms with van der Waals surface area (Å²) in [5.41, 5.74) is 6.95. The molecule has 6 rings (SSSR count). The van der Waals surface area contributed by atoms with Gasteiger partial charge >= 0.3 is 0 Å². The Kier molecular flexibility index (Phi) is 7.30. The van der Waals surface area contributed by atoms with Crippen molar-refractivity contribution in [3.63, 3.8) is 0 Å². The quantitative estimate of drug-likeness (QED) is 0.230. The highest BCUT2D eigenvalue weighted by Crippen LogP contribution is 2.41. The van der Waals surface area contributed by atoms with Gasteiger partial charge in [-0.3, -0.25) is 4.79 Å². The van der Waals surface area contributed by atoms with E-state index in [-0.39, 0.29) is 11.8 Å². The average Bonchev–Trinajstić information content (AvgIpc) is 3.75. The fraction of sp³-hybridized carbons (Fsp3) is 0.250. The predicted octanol–water partition coefficient (Wildman–Crippen LogP) is 6.31. The molecule has 0 radical (unpaired) electrons. The molecule has 8 heteroatoms. The maximum atomic E-state index is 12.5. The number of rotatable bonds is 8. The van der Waals surface area contributed by atoms with E-state index in [9.17, 15) is 4.79 Å². The van der Waals surface area contributed by atoms with E-state index < -0.39 is 0 Å². The number of amides is 1. The number of hydrogen-bond acceptors (Lipinski definition) is 6. The first-order valence-corrected chi connectivity index (χ1v) is 14.3. The normalized spacial score (nSPS) is 13.1. The third-order valence-electron chi connectivity index (χ3n) is 7.34. The van der Waals surface area contributed by atoms with Crippen LogP contribution in [0.4, 0.5) is 5.69 Å². The van der Waals surface area contributed by atoms with Crippen molar-refractivity contribution in [2.24, 2.45) is 0 Å². The smallest absolute Gasteiger partial charge is 0.226 e. The van der Waals surface area contributed by atoms with Gasteiger partial charge < -0.3 is 9.64 Å². The van der Waals surface area contributed by atoms with Crippen LogP contribution in [0.5, 0.6) is 5.75 Å². The number of H-pyrrole nitrogens is 1. The van der Waals surface area contributed by atoms with Crippen LogP contribution in [0.3, 0.4) is 0 Å². The van der Waals surface area contributed by atoms with E-state index in [1.165, 1.54) is 26.8 Å². The van der Waals surface area contributed by atoms with Crippen LogP contribution in [0.2, 0.25) is 0 Å². The molecule has 0 fully saturated rings. The molecule has 1 aliphatic rings. The number of benzene rings is 3. The predicted molar refractivity (Wildman–Crippen MR) is 158 cm³/mol. The number of thiophene rings is 1. The Balaban J connectivity index is 1.20. The van der Waals surface area contributed by atoms with E-state index in [1.54, 1.807) is 11.3 Å². The number of aromatic amines is 1. The molecule has 5 aromatic rings. The molecule has 1 amide bonds. The van der Waals surface area contributed by atoms with Crippen LogP contribution in [0.15, 0.2) is 66.0 Å². The van der Waals surface area contributed by atoms with E-state index in [0.717, 1.165) is 35.5 Å². The first-order chi connectivity index (χ1) is 19.6. The van der Waals surface area contributed by atoms with E-state index in [0.29, 0.717) is 25.3 Å². The molecule has 1 aliphatic heterocycles. The van der Waals surface area contributed by atoms with Crippen molar-refractivity contribution in [3.05, 3.63) is 88.6 Å². The minimum atomic E-state index is -0.0114. The van der Waals surface area contributed by atoms with Gasteiger partial charge in [0.25, 0.3) is 0 Å². The zero-order chi connectivity index (χ0) is 27.5. The summed E-state index contributed by atoms with van der Waals surface area (Å²) < 4.78 is 7.41. The summed E-state index contributed by atoms with van der Waals surface area (Å²) in [5, 5.41) is 17.7. The molecule has 7 nitrogen and oxygen atoms in total. The Morgan fingerprint density at radius 1 is 1.15 bits per heavy atom. The van der Waals surface area contributed by atoms with Crippen LogP contribution in [0, 0.1) is 11.8 Å². The van der Waals surface area contributed by atoms with Gasteiger partial charge in [-0.05, 0) is 71.3 Å². The van der Waals surface area contributed by atoms with Gasteiger partial charge in [-0.2, -0.15) is 5.21 Å². The van der Waals surface area contributed by atoms with E-state index >= 15 is 0 Å². The molecular weight excluding hydrogens is 518 g/mol. The summed E-state index contributed by atoms with van der Waals surface area (Å²) in [6, 6.07) is 20.9. The van der Waals surface area contributed by atoms with Gasteiger partial charge in [0.2, 0.25) is 5.91 Å². The molecule has 2 aromatic heterocycles. The second-order valence-corrected chi connectivity index (χ2v) is 10.7. The van der Waals surface area contributed by atoms with Crippen LogP contribution in [-0.4, -0.2) is 33.1 Å². The molecule has 0 spiro atoms. The first-order valence-electron chi connectivity index (χ1n) is 13.4. The van der Waals surface area contributed by atoms with Gasteiger partial charge in [0.05, 0.1) is 5.92 Å². The minimum Gasteiger partial charge on any atom is -0.489 e. The van der Waals surface area contributed by atoms with E-state index in [2.05, 4.69) is 74.2 Å². The van der Waals surface area contributed by atoms with Gasteiger partial charge in [0.1, 0.15) is 12.4 Å². The standard InChI is InChI=1S/C32H29N5O2S/c1-3-6-23(18-31-33-35-36-34-31)22-10-12-24(13-11-22)39-19-21-9-14-30-27(17-21)28(20-40-30)25-7-5-8-29-26(25)15-16-37(29)32(38)4-2/h5,7-14,17,20,23H,4,15-16,18-19H2,1-2H3,(H,33,34,35,36)/t23-/m0/s1. The van der Waals surface area contributed by atoms with Crippen molar-refractivity contribution in [1.29, 1.82) is 0 Å². The molecular formula is C32H29N5O2S. The van der Waals surface area contributed by atoms with Crippen molar-refractivity contribution in [1.82, 2.24) is 20.6 Å². The van der Waals surface area contributed by atoms with E-state index in [4.69, 9.17) is 4.74 Å². The summed E-state index contributed by atoms with van der Waals surface area (Å²) in [6.07, 6.45) is 2.00. The van der Waals surface area contributed by atoms with Crippen molar-refractivity contribution in [2.45, 2.75) is 45.6 Å². The second-order valence-electron chi connectivity index (χ2n) is 9.77. The number of carbonyl (C=O) groups excluding carboxylic acids is 1. The van der Waals surface area contributed by atoms with Crippen LogP contribution in [-0.2, 0) is 24.2 Å². The molecule has 40 heavy (non-hydrogen) atoms. The van der Waals surface area contributed by atoms with Gasteiger partial charge in [-0.1, -0.05) is 48.4 Å². The highest BCUT2D eigenvalue weighted by molar-refractivity contribution is 7.17. The van der Waals surface area contributed by atoms with Gasteiger partial charge in [-0.15, -0.1) is 27.5 Å². The number of nitrogens with one attached hydrogen (secondary N) is 1. The SMILES string of the molecule is CC#C[C@@H](Cc1nn[nH]n1)c1ccc(OCc2ccc3scc(-c4cccc5c4CCN5C(=O)CC)c3c2)cc1. The molecule has 1 atom stereocenters. The Hall–Kier alpha value is -4.48. The molecule has 1 N–H and O–H groups in total. The number of tetrazole rings is 1. The van der Waals surface area contributed by atoms with Crippen molar-refractivity contribution < 1.29 is 9.53 Å². The Labute approximate surface area is 237 Å². The molecule has 0 saturated carbocycles. The summed E-state index contributed by atoms with van der Waals surface area (Å²) in [5.74, 6) is 7.87. The van der Waals surface area contributed by atoms with E-state index in [1.807, 2.05) is 43.0 Å². The summed E-state index contributed by atoms with van der Waals surface area (Å²) >= 11 is 1.75. The fourth-order valence-corrected chi connectivity index (χ4v) is 6.29. The molecule has 200 valence electrons. The van der Waals surface area contributed by atoms with Gasteiger partial charge in [-0.25, -0.2) is 0 Å². The van der Waals surface area contributed by atoms with Gasteiger partial charge in [0, 0.05) is 40.7 Å². The number of hydrogen-bond donors (Lipinski definition) is 1. The lowest BCUT2D eigenvalue weighted by Crippen LogP contribution is -2.27. The lowest BCUT2D eigenvalue weighted by Gasteiger charge is -2.17. The van der Waals surface area contributed by atoms with Crippen molar-refractivity contribution in [2.75, 3.05) is 11.4 Å². The Morgan fingerprint density at radius 2 is 2.02 bits per heavy atom. The summed E-state index contributed by atoms with van der Waals surface area (Å²) in [7, 11) is 0. The molecule has 3 aromatic carbocycles. The zero-order valence-electron chi connectivity index (χ0n) is 22.5.